The van der Waals surface area contributed by atoms with Crippen LogP contribution in [0.5, 0.6) is 0 Å². The Bertz CT molecular complexity index is 1580. The molecule has 4 aromatic rings. The molecule has 0 saturated carbocycles. The quantitative estimate of drug-likeness (QED) is 0.353. The third-order valence-corrected chi connectivity index (χ3v) is 7.43. The maximum Gasteiger partial charge on any atom is 0.410 e. The van der Waals surface area contributed by atoms with Crippen molar-refractivity contribution >= 4 is 29.2 Å². The number of imidazole rings is 1. The van der Waals surface area contributed by atoms with Gasteiger partial charge in [-0.05, 0) is 70.0 Å². The van der Waals surface area contributed by atoms with Crippen LogP contribution >= 0.6 is 0 Å². The fourth-order valence-electron chi connectivity index (χ4n) is 5.51. The van der Waals surface area contributed by atoms with E-state index in [2.05, 4.69) is 27.3 Å². The summed E-state index contributed by atoms with van der Waals surface area (Å²) in [5.41, 5.74) is 5.18. The predicted octanol–water partition coefficient (Wildman–Crippen LogP) is 5.06. The number of amides is 1. The highest BCUT2D eigenvalue weighted by Crippen LogP contribution is 2.41. The number of aliphatic hydroxyl groups excluding tert-OH is 1. The standard InChI is InChI=1S/C31H35N7O3/c1-20-32-14-16-37(20)23-11-9-22(10-12-23)33-29-34-26-13-15-36(30(40)41-31(2,3)4)18-25(26)28(35-29)38-24(19-39)17-21-7-5-6-8-27(21)38/h5-12,14,16,24,39H,13,15,17-19H2,1-4H3,(H,33,34,35). The molecule has 0 radical (unpaired) electrons. The molecule has 2 aromatic heterocycles. The number of nitrogens with zero attached hydrogens (tertiary/aromatic N) is 6. The van der Waals surface area contributed by atoms with E-state index in [0.29, 0.717) is 37.7 Å². The van der Waals surface area contributed by atoms with E-state index in [9.17, 15) is 9.90 Å². The number of carbonyl (C=O) groups is 1. The number of carbonyl (C=O) groups excluding carboxylic acids is 1. The van der Waals surface area contributed by atoms with Gasteiger partial charge in [-0.1, -0.05) is 18.2 Å². The number of anilines is 4. The highest BCUT2D eigenvalue weighted by molar-refractivity contribution is 5.74. The maximum absolute atomic E-state index is 13.0. The van der Waals surface area contributed by atoms with Gasteiger partial charge in [-0.3, -0.25) is 0 Å². The second kappa shape index (κ2) is 10.5. The fourth-order valence-corrected chi connectivity index (χ4v) is 5.51. The Kier molecular flexibility index (Phi) is 6.86. The molecule has 2 N–H and O–H groups in total. The molecule has 0 bridgehead atoms. The zero-order chi connectivity index (χ0) is 28.7. The summed E-state index contributed by atoms with van der Waals surface area (Å²) in [5.74, 6) is 2.08. The number of para-hydroxylation sites is 1. The summed E-state index contributed by atoms with van der Waals surface area (Å²) < 4.78 is 7.70. The van der Waals surface area contributed by atoms with Crippen molar-refractivity contribution in [1.29, 1.82) is 0 Å². The summed E-state index contributed by atoms with van der Waals surface area (Å²) in [6.07, 6.45) is 4.63. The van der Waals surface area contributed by atoms with Crippen LogP contribution in [0.15, 0.2) is 60.9 Å². The molecule has 212 valence electrons. The molecule has 2 aromatic carbocycles. The van der Waals surface area contributed by atoms with Crippen LogP contribution in [-0.4, -0.2) is 60.4 Å². The number of aliphatic hydroxyl groups is 1. The van der Waals surface area contributed by atoms with Crippen molar-refractivity contribution in [3.63, 3.8) is 0 Å². The molecular formula is C31H35N7O3. The zero-order valence-electron chi connectivity index (χ0n) is 23.8. The SMILES string of the molecule is Cc1nccn1-c1ccc(Nc2nc3c(c(N4c5ccccc5CC4CO)n2)CN(C(=O)OC(C)(C)C)CC3)cc1. The van der Waals surface area contributed by atoms with Crippen molar-refractivity contribution in [3.05, 3.63) is 83.6 Å². The average molecular weight is 554 g/mol. The lowest BCUT2D eigenvalue weighted by molar-refractivity contribution is 0.0223. The molecule has 2 aliphatic rings. The van der Waals surface area contributed by atoms with Crippen molar-refractivity contribution in [2.75, 3.05) is 23.4 Å². The molecule has 0 aliphatic carbocycles. The van der Waals surface area contributed by atoms with E-state index in [0.717, 1.165) is 39.7 Å². The molecule has 4 heterocycles. The van der Waals surface area contributed by atoms with Crippen molar-refractivity contribution in [2.45, 2.75) is 58.7 Å². The van der Waals surface area contributed by atoms with Crippen molar-refractivity contribution in [1.82, 2.24) is 24.4 Å². The molecule has 1 unspecified atom stereocenters. The minimum atomic E-state index is -0.591. The normalized spacial score (nSPS) is 16.4. The third kappa shape index (κ3) is 5.35. The molecule has 1 amide bonds. The Morgan fingerprint density at radius 3 is 2.61 bits per heavy atom. The van der Waals surface area contributed by atoms with Gasteiger partial charge in [0.1, 0.15) is 17.2 Å². The third-order valence-electron chi connectivity index (χ3n) is 7.43. The summed E-state index contributed by atoms with van der Waals surface area (Å²) >= 11 is 0. The highest BCUT2D eigenvalue weighted by Gasteiger charge is 2.36. The van der Waals surface area contributed by atoms with Crippen LogP contribution in [0.1, 0.15) is 43.4 Å². The number of hydrogen-bond acceptors (Lipinski definition) is 8. The van der Waals surface area contributed by atoms with Gasteiger partial charge < -0.3 is 29.5 Å². The smallest absolute Gasteiger partial charge is 0.410 e. The first-order valence-corrected chi connectivity index (χ1v) is 13.9. The van der Waals surface area contributed by atoms with Crippen LogP contribution in [0.3, 0.4) is 0 Å². The van der Waals surface area contributed by atoms with Gasteiger partial charge in [-0.2, -0.15) is 4.98 Å². The molecule has 6 rings (SSSR count). The molecule has 2 aliphatic heterocycles. The van der Waals surface area contributed by atoms with Gasteiger partial charge in [0.05, 0.1) is 24.9 Å². The Hall–Kier alpha value is -4.44. The molecule has 10 nitrogen and oxygen atoms in total. The van der Waals surface area contributed by atoms with Gasteiger partial charge in [-0.25, -0.2) is 14.8 Å². The second-order valence-electron chi connectivity index (χ2n) is 11.5. The molecule has 0 spiro atoms. The van der Waals surface area contributed by atoms with Crippen molar-refractivity contribution in [3.8, 4) is 5.69 Å². The van der Waals surface area contributed by atoms with E-state index in [1.165, 1.54) is 0 Å². The van der Waals surface area contributed by atoms with Gasteiger partial charge in [-0.15, -0.1) is 0 Å². The number of nitrogens with one attached hydrogen (secondary N) is 1. The Balaban J connectivity index is 1.37. The van der Waals surface area contributed by atoms with E-state index < -0.39 is 5.60 Å². The Morgan fingerprint density at radius 2 is 1.90 bits per heavy atom. The number of benzene rings is 2. The van der Waals surface area contributed by atoms with Gasteiger partial charge in [0, 0.05) is 48.0 Å². The van der Waals surface area contributed by atoms with E-state index in [-0.39, 0.29) is 18.7 Å². The molecule has 1 atom stereocenters. The Labute approximate surface area is 239 Å². The number of hydrogen-bond donors (Lipinski definition) is 2. The van der Waals surface area contributed by atoms with Crippen LogP contribution in [0, 0.1) is 6.92 Å². The van der Waals surface area contributed by atoms with Crippen LogP contribution in [-0.2, 0) is 24.1 Å². The van der Waals surface area contributed by atoms with Crippen LogP contribution < -0.4 is 10.2 Å². The van der Waals surface area contributed by atoms with Crippen molar-refractivity contribution < 1.29 is 14.6 Å². The average Bonchev–Trinajstić information content (AvgIpc) is 3.55. The van der Waals surface area contributed by atoms with E-state index >= 15 is 0 Å². The van der Waals surface area contributed by atoms with Gasteiger partial charge in [0.25, 0.3) is 0 Å². The first-order valence-electron chi connectivity index (χ1n) is 13.9. The molecule has 10 heteroatoms. The molecule has 0 saturated heterocycles. The highest BCUT2D eigenvalue weighted by atomic mass is 16.6. The minimum absolute atomic E-state index is 0.0267. The summed E-state index contributed by atoms with van der Waals surface area (Å²) in [7, 11) is 0. The number of ether oxygens (including phenoxy) is 1. The van der Waals surface area contributed by atoms with E-state index in [4.69, 9.17) is 14.7 Å². The number of aromatic nitrogens is 4. The van der Waals surface area contributed by atoms with Crippen molar-refractivity contribution in [2.24, 2.45) is 0 Å². The second-order valence-corrected chi connectivity index (χ2v) is 11.5. The fraction of sp³-hybridized carbons (Fsp3) is 0.355. The lowest BCUT2D eigenvalue weighted by Crippen LogP contribution is -2.41. The first-order chi connectivity index (χ1) is 19.7. The van der Waals surface area contributed by atoms with Gasteiger partial charge >= 0.3 is 6.09 Å². The Morgan fingerprint density at radius 1 is 1.12 bits per heavy atom. The number of rotatable bonds is 5. The monoisotopic (exact) mass is 553 g/mol. The van der Waals surface area contributed by atoms with Gasteiger partial charge in [0.15, 0.2) is 0 Å². The summed E-state index contributed by atoms with van der Waals surface area (Å²) in [5, 5.41) is 13.8. The summed E-state index contributed by atoms with van der Waals surface area (Å²) in [4.78, 5) is 31.0. The minimum Gasteiger partial charge on any atom is -0.444 e. The lowest BCUT2D eigenvalue weighted by Gasteiger charge is -2.34. The zero-order valence-corrected chi connectivity index (χ0v) is 23.8. The predicted molar refractivity (Wildman–Crippen MR) is 157 cm³/mol. The number of aryl methyl sites for hydroxylation is 1. The first kappa shape index (κ1) is 26.8. The van der Waals surface area contributed by atoms with E-state index in [1.807, 2.05) is 74.9 Å². The van der Waals surface area contributed by atoms with Crippen LogP contribution in [0.4, 0.5) is 27.9 Å². The molecule has 0 fully saturated rings. The van der Waals surface area contributed by atoms with Crippen LogP contribution in [0.25, 0.3) is 5.69 Å². The number of fused-ring (bicyclic) bond motifs is 2. The summed E-state index contributed by atoms with van der Waals surface area (Å²) in [6, 6.07) is 16.0. The topological polar surface area (TPSA) is 109 Å². The summed E-state index contributed by atoms with van der Waals surface area (Å²) in [6.45, 7) is 8.37. The van der Waals surface area contributed by atoms with Gasteiger partial charge in [0.2, 0.25) is 5.95 Å². The largest absolute Gasteiger partial charge is 0.444 e. The van der Waals surface area contributed by atoms with Crippen LogP contribution in [0.2, 0.25) is 0 Å². The molecule has 41 heavy (non-hydrogen) atoms. The lowest BCUT2D eigenvalue weighted by atomic mass is 10.1. The van der Waals surface area contributed by atoms with E-state index in [1.54, 1.807) is 11.1 Å². The maximum atomic E-state index is 13.0. The molecular weight excluding hydrogens is 518 g/mol.